The van der Waals surface area contributed by atoms with Gasteiger partial charge in [-0.15, -0.1) is 16.4 Å². The van der Waals surface area contributed by atoms with Gasteiger partial charge in [-0.05, 0) is 48.2 Å². The summed E-state index contributed by atoms with van der Waals surface area (Å²) in [5.74, 6) is 0.109. The van der Waals surface area contributed by atoms with Crippen LogP contribution in [0.4, 0.5) is 0 Å². The molecule has 0 aliphatic carbocycles. The Kier molecular flexibility index (Phi) is 6.90. The van der Waals surface area contributed by atoms with Crippen molar-refractivity contribution in [2.24, 2.45) is 0 Å². The Morgan fingerprint density at radius 3 is 2.64 bits per heavy atom. The molecule has 2 aromatic carbocycles. The molecule has 0 unspecified atom stereocenters. The fourth-order valence-electron chi connectivity index (χ4n) is 4.05. The second kappa shape index (κ2) is 10.6. The van der Waals surface area contributed by atoms with Crippen molar-refractivity contribution in [1.29, 1.82) is 0 Å². The van der Waals surface area contributed by atoms with Crippen LogP contribution in [-0.2, 0) is 29.2 Å². The van der Waals surface area contributed by atoms with Gasteiger partial charge in [0.1, 0.15) is 23.9 Å². The lowest BCUT2D eigenvalue weighted by Crippen LogP contribution is -2.44. The van der Waals surface area contributed by atoms with Crippen LogP contribution < -0.4 is 5.32 Å². The number of nitrogens with zero attached hydrogens (tertiary/aromatic N) is 4. The zero-order chi connectivity index (χ0) is 24.9. The molecule has 5 aromatic rings. The number of aryl methyl sites for hydroxylation is 1. The van der Waals surface area contributed by atoms with Crippen molar-refractivity contribution in [3.8, 4) is 0 Å². The minimum absolute atomic E-state index is 0.0420. The number of aromatic nitrogens is 3. The van der Waals surface area contributed by atoms with E-state index in [9.17, 15) is 9.59 Å². The Hall–Kier alpha value is -4.24. The molecule has 1 atom stereocenters. The molecular weight excluding hydrogens is 474 g/mol. The highest BCUT2D eigenvalue weighted by Gasteiger charge is 2.32. The molecule has 0 aliphatic heterocycles. The van der Waals surface area contributed by atoms with Crippen LogP contribution >= 0.6 is 11.3 Å². The fraction of sp³-hybridized carbons (Fsp3) is 0.185. The standard InChI is InChI=1S/C27H25N5O3S/c1-19-10-12-20(13-11-19)26(27(34)28-16-21-6-4-14-35-21)31(17-22-7-5-15-36-22)25(33)18-32-24-9-3-2-8-23(24)29-30-32/h2-15,26H,16-18H2,1H3,(H,28,34)/t26-/m0/s1. The van der Waals surface area contributed by atoms with E-state index in [1.54, 1.807) is 39.3 Å². The number of furan rings is 1. The van der Waals surface area contributed by atoms with Gasteiger partial charge in [0.2, 0.25) is 11.8 Å². The van der Waals surface area contributed by atoms with Crippen molar-refractivity contribution in [3.05, 3.63) is 106 Å². The van der Waals surface area contributed by atoms with E-state index < -0.39 is 6.04 Å². The molecule has 0 bridgehead atoms. The molecule has 5 rings (SSSR count). The average molecular weight is 500 g/mol. The Morgan fingerprint density at radius 1 is 1.06 bits per heavy atom. The maximum Gasteiger partial charge on any atom is 0.247 e. The quantitative estimate of drug-likeness (QED) is 0.323. The van der Waals surface area contributed by atoms with Crippen LogP contribution in [0, 0.1) is 6.92 Å². The Labute approximate surface area is 212 Å². The molecule has 3 aromatic heterocycles. The molecule has 9 heteroatoms. The molecule has 0 saturated heterocycles. The number of thiophene rings is 1. The van der Waals surface area contributed by atoms with Crippen LogP contribution in [0.1, 0.15) is 27.8 Å². The highest BCUT2D eigenvalue weighted by Crippen LogP contribution is 2.26. The molecule has 2 amide bonds. The molecule has 0 radical (unpaired) electrons. The van der Waals surface area contributed by atoms with Crippen molar-refractivity contribution in [2.45, 2.75) is 32.6 Å². The number of nitrogens with one attached hydrogen (secondary N) is 1. The Bertz CT molecular complexity index is 1440. The van der Waals surface area contributed by atoms with Crippen molar-refractivity contribution >= 4 is 34.2 Å². The summed E-state index contributed by atoms with van der Waals surface area (Å²) >= 11 is 1.54. The first kappa shape index (κ1) is 23.5. The van der Waals surface area contributed by atoms with Crippen LogP contribution in [0.3, 0.4) is 0 Å². The number of hydrogen-bond donors (Lipinski definition) is 1. The van der Waals surface area contributed by atoms with E-state index in [4.69, 9.17) is 4.42 Å². The van der Waals surface area contributed by atoms with Crippen LogP contribution in [0.5, 0.6) is 0 Å². The highest BCUT2D eigenvalue weighted by molar-refractivity contribution is 7.09. The fourth-order valence-corrected chi connectivity index (χ4v) is 4.76. The van der Waals surface area contributed by atoms with Gasteiger partial charge in [0.25, 0.3) is 0 Å². The van der Waals surface area contributed by atoms with Gasteiger partial charge >= 0.3 is 0 Å². The normalized spacial score (nSPS) is 11.9. The molecule has 8 nitrogen and oxygen atoms in total. The van der Waals surface area contributed by atoms with E-state index >= 15 is 0 Å². The third-order valence-electron chi connectivity index (χ3n) is 5.90. The third kappa shape index (κ3) is 5.21. The SMILES string of the molecule is Cc1ccc([C@@H](C(=O)NCc2ccco2)N(Cc2cccs2)C(=O)Cn2nnc3ccccc32)cc1. The van der Waals surface area contributed by atoms with Crippen LogP contribution in [0.2, 0.25) is 0 Å². The summed E-state index contributed by atoms with van der Waals surface area (Å²) in [6.45, 7) is 2.46. The number of carbonyl (C=O) groups is 2. The first-order valence-corrected chi connectivity index (χ1v) is 12.4. The molecule has 182 valence electrons. The number of para-hydroxylation sites is 1. The molecule has 3 heterocycles. The van der Waals surface area contributed by atoms with Crippen molar-refractivity contribution in [2.75, 3.05) is 0 Å². The van der Waals surface area contributed by atoms with E-state index in [-0.39, 0.29) is 31.4 Å². The molecule has 0 fully saturated rings. The largest absolute Gasteiger partial charge is 0.467 e. The summed E-state index contributed by atoms with van der Waals surface area (Å²) in [7, 11) is 0. The number of rotatable bonds is 9. The Balaban J connectivity index is 1.49. The summed E-state index contributed by atoms with van der Waals surface area (Å²) in [5.41, 5.74) is 3.27. The van der Waals surface area contributed by atoms with E-state index in [0.717, 1.165) is 21.5 Å². The van der Waals surface area contributed by atoms with E-state index in [1.807, 2.05) is 73.0 Å². The predicted octanol–water partition coefficient (Wildman–Crippen LogP) is 4.48. The summed E-state index contributed by atoms with van der Waals surface area (Å²) in [4.78, 5) is 30.1. The van der Waals surface area contributed by atoms with Gasteiger partial charge in [0, 0.05) is 4.88 Å². The zero-order valence-electron chi connectivity index (χ0n) is 19.7. The van der Waals surface area contributed by atoms with Crippen LogP contribution in [0.25, 0.3) is 11.0 Å². The number of hydrogen-bond acceptors (Lipinski definition) is 6. The number of amides is 2. The first-order chi connectivity index (χ1) is 17.6. The predicted molar refractivity (Wildman–Crippen MR) is 137 cm³/mol. The van der Waals surface area contributed by atoms with E-state index in [0.29, 0.717) is 11.3 Å². The van der Waals surface area contributed by atoms with Crippen molar-refractivity contribution in [1.82, 2.24) is 25.2 Å². The summed E-state index contributed by atoms with van der Waals surface area (Å²) in [6.07, 6.45) is 1.56. The molecular formula is C27H25N5O3S. The maximum absolute atomic E-state index is 13.8. The van der Waals surface area contributed by atoms with Gasteiger partial charge in [-0.25, -0.2) is 4.68 Å². The monoisotopic (exact) mass is 499 g/mol. The minimum atomic E-state index is -0.843. The summed E-state index contributed by atoms with van der Waals surface area (Å²) in [6, 6.07) is 21.8. The first-order valence-electron chi connectivity index (χ1n) is 11.6. The number of carbonyl (C=O) groups excluding carboxylic acids is 2. The van der Waals surface area contributed by atoms with Crippen LogP contribution in [0.15, 0.2) is 88.9 Å². The van der Waals surface area contributed by atoms with Crippen molar-refractivity contribution < 1.29 is 14.0 Å². The molecule has 0 spiro atoms. The van der Waals surface area contributed by atoms with Crippen LogP contribution in [-0.4, -0.2) is 31.7 Å². The Morgan fingerprint density at radius 2 is 1.89 bits per heavy atom. The number of fused-ring (bicyclic) bond motifs is 1. The molecule has 0 saturated carbocycles. The minimum Gasteiger partial charge on any atom is -0.467 e. The van der Waals surface area contributed by atoms with Crippen molar-refractivity contribution in [3.63, 3.8) is 0 Å². The summed E-state index contributed by atoms with van der Waals surface area (Å²) < 4.78 is 6.95. The highest BCUT2D eigenvalue weighted by atomic mass is 32.1. The second-order valence-corrected chi connectivity index (χ2v) is 9.48. The zero-order valence-corrected chi connectivity index (χ0v) is 20.5. The lowest BCUT2D eigenvalue weighted by molar-refractivity contribution is -0.142. The number of benzene rings is 2. The lowest BCUT2D eigenvalue weighted by Gasteiger charge is -2.31. The topological polar surface area (TPSA) is 93.3 Å². The van der Waals surface area contributed by atoms with Gasteiger partial charge in [0.15, 0.2) is 0 Å². The molecule has 1 N–H and O–H groups in total. The lowest BCUT2D eigenvalue weighted by atomic mass is 10.0. The second-order valence-electron chi connectivity index (χ2n) is 8.45. The van der Waals surface area contributed by atoms with Gasteiger partial charge in [-0.3, -0.25) is 9.59 Å². The van der Waals surface area contributed by atoms with Gasteiger partial charge in [0.05, 0.1) is 24.9 Å². The molecule has 0 aliphatic rings. The molecule has 36 heavy (non-hydrogen) atoms. The smallest absolute Gasteiger partial charge is 0.247 e. The van der Waals surface area contributed by atoms with Gasteiger partial charge in [-0.1, -0.05) is 53.2 Å². The average Bonchev–Trinajstić information content (AvgIpc) is 3.67. The third-order valence-corrected chi connectivity index (χ3v) is 6.76. The van der Waals surface area contributed by atoms with E-state index in [1.165, 1.54) is 0 Å². The summed E-state index contributed by atoms with van der Waals surface area (Å²) in [5, 5.41) is 13.3. The van der Waals surface area contributed by atoms with E-state index in [2.05, 4.69) is 15.6 Å². The van der Waals surface area contributed by atoms with Gasteiger partial charge < -0.3 is 14.6 Å². The van der Waals surface area contributed by atoms with Gasteiger partial charge in [-0.2, -0.15) is 0 Å². The maximum atomic E-state index is 13.8.